The standard InChI is InChI=1S/C8H5ClN4S/c1-5-11-2-3-13(5)8-12-7(9)6(4-10)14-8/h2-3H,1H3. The quantitative estimate of drug-likeness (QED) is 0.746. The Balaban J connectivity index is 2.54. The van der Waals surface area contributed by atoms with Gasteiger partial charge >= 0.3 is 0 Å². The number of hydrogen-bond acceptors (Lipinski definition) is 4. The first-order valence-electron chi connectivity index (χ1n) is 3.79. The van der Waals surface area contributed by atoms with Crippen molar-refractivity contribution in [3.05, 3.63) is 28.2 Å². The molecule has 0 fully saturated rings. The zero-order valence-corrected chi connectivity index (χ0v) is 8.80. The summed E-state index contributed by atoms with van der Waals surface area (Å²) in [6.07, 6.45) is 3.46. The second-order valence-corrected chi connectivity index (χ2v) is 3.91. The Labute approximate surface area is 89.4 Å². The highest BCUT2D eigenvalue weighted by molar-refractivity contribution is 7.15. The maximum Gasteiger partial charge on any atom is 0.197 e. The highest BCUT2D eigenvalue weighted by atomic mass is 35.5. The van der Waals surface area contributed by atoms with E-state index in [-0.39, 0.29) is 5.15 Å². The molecule has 0 aliphatic carbocycles. The van der Waals surface area contributed by atoms with Gasteiger partial charge in [-0.25, -0.2) is 9.97 Å². The fourth-order valence-corrected chi connectivity index (χ4v) is 2.12. The molecule has 2 aromatic rings. The fraction of sp³-hybridized carbons (Fsp3) is 0.125. The van der Waals surface area contributed by atoms with Crippen LogP contribution in [0.4, 0.5) is 0 Å². The molecule has 0 saturated heterocycles. The molecule has 0 unspecified atom stereocenters. The second kappa shape index (κ2) is 3.40. The molecule has 0 aromatic carbocycles. The molecule has 14 heavy (non-hydrogen) atoms. The summed E-state index contributed by atoms with van der Waals surface area (Å²) in [6.45, 7) is 1.86. The van der Waals surface area contributed by atoms with E-state index >= 15 is 0 Å². The molecular formula is C8H5ClN4S. The molecule has 70 valence electrons. The summed E-state index contributed by atoms with van der Waals surface area (Å²) >= 11 is 7.01. The summed E-state index contributed by atoms with van der Waals surface area (Å²) in [5, 5.41) is 9.63. The number of hydrogen-bond donors (Lipinski definition) is 0. The van der Waals surface area contributed by atoms with Gasteiger partial charge in [0.05, 0.1) is 0 Å². The van der Waals surface area contributed by atoms with Crippen LogP contribution < -0.4 is 0 Å². The van der Waals surface area contributed by atoms with Crippen LogP contribution in [-0.2, 0) is 0 Å². The summed E-state index contributed by atoms with van der Waals surface area (Å²) < 4.78 is 1.79. The van der Waals surface area contributed by atoms with E-state index in [4.69, 9.17) is 16.9 Å². The lowest BCUT2D eigenvalue weighted by atomic mass is 10.6. The van der Waals surface area contributed by atoms with Crippen molar-refractivity contribution in [3.63, 3.8) is 0 Å². The van der Waals surface area contributed by atoms with Crippen molar-refractivity contribution in [1.29, 1.82) is 5.26 Å². The minimum absolute atomic E-state index is 0.251. The van der Waals surface area contributed by atoms with E-state index in [1.807, 2.05) is 13.0 Å². The lowest BCUT2D eigenvalue weighted by Gasteiger charge is -1.96. The third-order valence-corrected chi connectivity index (χ3v) is 3.05. The van der Waals surface area contributed by atoms with Crippen LogP contribution >= 0.6 is 22.9 Å². The first kappa shape index (κ1) is 9.19. The summed E-state index contributed by atoms with van der Waals surface area (Å²) in [7, 11) is 0. The second-order valence-electron chi connectivity index (χ2n) is 2.57. The highest BCUT2D eigenvalue weighted by Crippen LogP contribution is 2.25. The van der Waals surface area contributed by atoms with Crippen molar-refractivity contribution in [3.8, 4) is 11.2 Å². The normalized spacial score (nSPS) is 10.1. The van der Waals surface area contributed by atoms with Gasteiger partial charge in [0.15, 0.2) is 10.3 Å². The Bertz CT molecular complexity index is 508. The summed E-state index contributed by atoms with van der Waals surface area (Å²) in [4.78, 5) is 8.56. The van der Waals surface area contributed by atoms with Crippen LogP contribution in [0.5, 0.6) is 0 Å². The molecule has 0 bridgehead atoms. The monoisotopic (exact) mass is 224 g/mol. The van der Waals surface area contributed by atoms with E-state index in [9.17, 15) is 0 Å². The van der Waals surface area contributed by atoms with Gasteiger partial charge in [-0.15, -0.1) is 0 Å². The zero-order chi connectivity index (χ0) is 10.1. The smallest absolute Gasteiger partial charge is 0.197 e. The Morgan fingerprint density at radius 2 is 2.43 bits per heavy atom. The number of nitriles is 1. The number of thiazole rings is 1. The van der Waals surface area contributed by atoms with Gasteiger partial charge < -0.3 is 0 Å². The Morgan fingerprint density at radius 3 is 2.93 bits per heavy atom. The molecule has 0 aliphatic heterocycles. The van der Waals surface area contributed by atoms with Gasteiger partial charge in [-0.3, -0.25) is 4.57 Å². The van der Waals surface area contributed by atoms with Crippen LogP contribution in [-0.4, -0.2) is 14.5 Å². The van der Waals surface area contributed by atoms with Crippen LogP contribution in [0.25, 0.3) is 5.13 Å². The Kier molecular flexibility index (Phi) is 2.23. The molecule has 0 radical (unpaired) electrons. The Morgan fingerprint density at radius 1 is 1.64 bits per heavy atom. The maximum atomic E-state index is 8.71. The number of halogens is 1. The average Bonchev–Trinajstić information content (AvgIpc) is 2.71. The number of rotatable bonds is 1. The number of imidazole rings is 1. The number of aromatic nitrogens is 3. The predicted molar refractivity (Wildman–Crippen MR) is 53.7 cm³/mol. The minimum atomic E-state index is 0.251. The predicted octanol–water partition coefficient (Wildman–Crippen LogP) is 2.16. The lowest BCUT2D eigenvalue weighted by Crippen LogP contribution is -1.93. The van der Waals surface area contributed by atoms with Crippen LogP contribution in [0.2, 0.25) is 5.15 Å². The number of aryl methyl sites for hydroxylation is 1. The largest absolute Gasteiger partial charge is 0.279 e. The molecule has 0 atom stereocenters. The van der Waals surface area contributed by atoms with Crippen molar-refractivity contribution in [2.45, 2.75) is 6.92 Å². The van der Waals surface area contributed by atoms with Gasteiger partial charge in [-0.2, -0.15) is 5.26 Å². The first-order chi connectivity index (χ1) is 6.72. The topological polar surface area (TPSA) is 54.5 Å². The molecule has 2 aromatic heterocycles. The molecule has 2 rings (SSSR count). The third kappa shape index (κ3) is 1.39. The van der Waals surface area contributed by atoms with Crippen LogP contribution in [0.15, 0.2) is 12.4 Å². The van der Waals surface area contributed by atoms with E-state index in [1.165, 1.54) is 11.3 Å². The van der Waals surface area contributed by atoms with Crippen LogP contribution in [0, 0.1) is 18.3 Å². The fourth-order valence-electron chi connectivity index (χ4n) is 1.04. The van der Waals surface area contributed by atoms with Gasteiger partial charge in [0.2, 0.25) is 0 Å². The van der Waals surface area contributed by atoms with E-state index < -0.39 is 0 Å². The maximum absolute atomic E-state index is 8.71. The Hall–Kier alpha value is -1.38. The third-order valence-electron chi connectivity index (χ3n) is 1.71. The van der Waals surface area contributed by atoms with Gasteiger partial charge in [0.25, 0.3) is 0 Å². The minimum Gasteiger partial charge on any atom is -0.279 e. The number of nitrogens with zero attached hydrogens (tertiary/aromatic N) is 4. The van der Waals surface area contributed by atoms with Crippen molar-refractivity contribution >= 4 is 22.9 Å². The molecule has 0 saturated carbocycles. The van der Waals surface area contributed by atoms with Gasteiger partial charge in [-0.1, -0.05) is 22.9 Å². The molecule has 4 nitrogen and oxygen atoms in total. The van der Waals surface area contributed by atoms with E-state index in [1.54, 1.807) is 17.0 Å². The van der Waals surface area contributed by atoms with Gasteiger partial charge in [-0.05, 0) is 6.92 Å². The highest BCUT2D eigenvalue weighted by Gasteiger charge is 2.10. The first-order valence-corrected chi connectivity index (χ1v) is 4.98. The molecule has 0 amide bonds. The lowest BCUT2D eigenvalue weighted by molar-refractivity contribution is 0.960. The van der Waals surface area contributed by atoms with Gasteiger partial charge in [0, 0.05) is 12.4 Å². The van der Waals surface area contributed by atoms with Gasteiger partial charge in [0.1, 0.15) is 16.8 Å². The SMILES string of the molecule is Cc1nccn1-c1nc(Cl)c(C#N)s1. The zero-order valence-electron chi connectivity index (χ0n) is 7.23. The molecule has 0 N–H and O–H groups in total. The van der Waals surface area contributed by atoms with Crippen molar-refractivity contribution in [2.24, 2.45) is 0 Å². The summed E-state index contributed by atoms with van der Waals surface area (Å²) in [6, 6.07) is 1.99. The molecular weight excluding hydrogens is 220 g/mol. The molecule has 0 aliphatic rings. The van der Waals surface area contributed by atoms with E-state index in [0.29, 0.717) is 10.0 Å². The summed E-state index contributed by atoms with van der Waals surface area (Å²) in [5.74, 6) is 0.819. The molecule has 0 spiro atoms. The molecule has 6 heteroatoms. The van der Waals surface area contributed by atoms with E-state index in [0.717, 1.165) is 5.82 Å². The average molecular weight is 225 g/mol. The van der Waals surface area contributed by atoms with E-state index in [2.05, 4.69) is 9.97 Å². The van der Waals surface area contributed by atoms with Crippen LogP contribution in [0.1, 0.15) is 10.7 Å². The van der Waals surface area contributed by atoms with Crippen molar-refractivity contribution < 1.29 is 0 Å². The van der Waals surface area contributed by atoms with Crippen molar-refractivity contribution in [1.82, 2.24) is 14.5 Å². The summed E-state index contributed by atoms with van der Waals surface area (Å²) in [5.41, 5.74) is 0. The van der Waals surface area contributed by atoms with Crippen LogP contribution in [0.3, 0.4) is 0 Å². The molecule has 2 heterocycles. The van der Waals surface area contributed by atoms with Crippen molar-refractivity contribution in [2.75, 3.05) is 0 Å².